The predicted molar refractivity (Wildman–Crippen MR) is 94.1 cm³/mol. The molecule has 3 aliphatic heterocycles. The van der Waals surface area contributed by atoms with Crippen LogP contribution in [0.2, 0.25) is 0 Å². The van der Waals surface area contributed by atoms with E-state index in [0.717, 1.165) is 38.2 Å². The molecule has 4 rings (SSSR count). The number of nitrogens with one attached hydrogen (secondary N) is 2. The van der Waals surface area contributed by atoms with Gasteiger partial charge >= 0.3 is 0 Å². The number of sulfonamides is 1. The fourth-order valence-corrected chi connectivity index (χ4v) is 5.40. The van der Waals surface area contributed by atoms with Crippen LogP contribution in [0, 0.1) is 11.7 Å². The van der Waals surface area contributed by atoms with Crippen molar-refractivity contribution in [2.45, 2.75) is 55.1 Å². The summed E-state index contributed by atoms with van der Waals surface area (Å²) in [5.74, 6) is -0.317. The maximum atomic E-state index is 14.3. The average Bonchev–Trinajstić information content (AvgIpc) is 3.23. The summed E-state index contributed by atoms with van der Waals surface area (Å²) in [5.41, 5.74) is 0. The standard InChI is InChI=1S/C18H25FN2O4S/c19-17-9-16(3-4-18(17)25-11-12-5-6-24-10-12)26(22,23)21-15-7-13-1-2-14(8-15)20-13/h3-4,9,12-15,20-21H,1-2,5-8,10-11H2. The van der Waals surface area contributed by atoms with Crippen molar-refractivity contribution in [1.29, 1.82) is 0 Å². The van der Waals surface area contributed by atoms with Gasteiger partial charge in [-0.2, -0.15) is 0 Å². The van der Waals surface area contributed by atoms with Gasteiger partial charge in [0.2, 0.25) is 10.0 Å². The Morgan fingerprint density at radius 2 is 2.00 bits per heavy atom. The summed E-state index contributed by atoms with van der Waals surface area (Å²) in [6.07, 6.45) is 4.65. The first-order valence-corrected chi connectivity index (χ1v) is 10.8. The van der Waals surface area contributed by atoms with Gasteiger partial charge in [0, 0.05) is 30.7 Å². The molecule has 8 heteroatoms. The van der Waals surface area contributed by atoms with Crippen LogP contribution in [0.25, 0.3) is 0 Å². The summed E-state index contributed by atoms with van der Waals surface area (Å²) in [6.45, 7) is 1.70. The first kappa shape index (κ1) is 18.2. The van der Waals surface area contributed by atoms with Gasteiger partial charge in [-0.25, -0.2) is 17.5 Å². The number of hydrogen-bond acceptors (Lipinski definition) is 5. The zero-order valence-corrected chi connectivity index (χ0v) is 15.4. The van der Waals surface area contributed by atoms with Crippen LogP contribution in [0.1, 0.15) is 32.1 Å². The SMILES string of the molecule is O=S(=O)(NC1CC2CCC(C1)N2)c1ccc(OCC2CCOC2)c(F)c1. The minimum Gasteiger partial charge on any atom is -0.490 e. The Morgan fingerprint density at radius 3 is 2.65 bits per heavy atom. The van der Waals surface area contributed by atoms with E-state index in [2.05, 4.69) is 10.0 Å². The van der Waals surface area contributed by atoms with Crippen molar-refractivity contribution in [1.82, 2.24) is 10.0 Å². The molecule has 3 saturated heterocycles. The molecule has 26 heavy (non-hydrogen) atoms. The van der Waals surface area contributed by atoms with Crippen molar-refractivity contribution in [3.05, 3.63) is 24.0 Å². The topological polar surface area (TPSA) is 76.7 Å². The van der Waals surface area contributed by atoms with E-state index in [0.29, 0.717) is 31.9 Å². The van der Waals surface area contributed by atoms with Crippen LogP contribution in [0.5, 0.6) is 5.75 Å². The lowest BCUT2D eigenvalue weighted by Crippen LogP contribution is -2.47. The van der Waals surface area contributed by atoms with E-state index in [9.17, 15) is 12.8 Å². The number of rotatable bonds is 6. The normalized spacial score (nSPS) is 31.3. The Morgan fingerprint density at radius 1 is 1.23 bits per heavy atom. The first-order chi connectivity index (χ1) is 12.5. The van der Waals surface area contributed by atoms with Crippen LogP contribution < -0.4 is 14.8 Å². The maximum Gasteiger partial charge on any atom is 0.240 e. The minimum absolute atomic E-state index is 0.0579. The molecule has 3 unspecified atom stereocenters. The molecular formula is C18H25FN2O4S. The lowest BCUT2D eigenvalue weighted by molar-refractivity contribution is 0.165. The number of fused-ring (bicyclic) bond motifs is 2. The van der Waals surface area contributed by atoms with E-state index >= 15 is 0 Å². The third kappa shape index (κ3) is 4.03. The molecule has 2 N–H and O–H groups in total. The summed E-state index contributed by atoms with van der Waals surface area (Å²) in [7, 11) is -3.74. The zero-order chi connectivity index (χ0) is 18.1. The molecule has 0 aromatic heterocycles. The Bertz CT molecular complexity index is 740. The second-order valence-electron chi connectivity index (χ2n) is 7.56. The van der Waals surface area contributed by atoms with Gasteiger partial charge in [0.25, 0.3) is 0 Å². The summed E-state index contributed by atoms with van der Waals surface area (Å²) >= 11 is 0. The van der Waals surface area contributed by atoms with E-state index in [-0.39, 0.29) is 22.6 Å². The first-order valence-electron chi connectivity index (χ1n) is 9.28. The quantitative estimate of drug-likeness (QED) is 0.782. The molecule has 1 aromatic carbocycles. The molecule has 3 aliphatic rings. The monoisotopic (exact) mass is 384 g/mol. The molecule has 2 bridgehead atoms. The van der Waals surface area contributed by atoms with Gasteiger partial charge in [0.05, 0.1) is 18.1 Å². The van der Waals surface area contributed by atoms with Gasteiger partial charge < -0.3 is 14.8 Å². The summed E-state index contributed by atoms with van der Waals surface area (Å²) in [6, 6.07) is 4.51. The summed E-state index contributed by atoms with van der Waals surface area (Å²) in [4.78, 5) is -0.0579. The molecule has 144 valence electrons. The fourth-order valence-electron chi connectivity index (χ4n) is 4.13. The van der Waals surface area contributed by atoms with Crippen molar-refractivity contribution in [3.63, 3.8) is 0 Å². The minimum atomic E-state index is -3.74. The molecule has 1 aromatic rings. The molecular weight excluding hydrogens is 359 g/mol. The van der Waals surface area contributed by atoms with Gasteiger partial charge in [-0.3, -0.25) is 0 Å². The Kier molecular flexibility index (Phi) is 5.18. The predicted octanol–water partition coefficient (Wildman–Crippen LogP) is 1.80. The Hall–Kier alpha value is -1.22. The highest BCUT2D eigenvalue weighted by molar-refractivity contribution is 7.89. The van der Waals surface area contributed by atoms with Crippen LogP contribution in [0.4, 0.5) is 4.39 Å². The molecule has 0 amide bonds. The molecule has 0 saturated carbocycles. The smallest absolute Gasteiger partial charge is 0.240 e. The summed E-state index contributed by atoms with van der Waals surface area (Å²) < 4.78 is 53.0. The van der Waals surface area contributed by atoms with E-state index in [4.69, 9.17) is 9.47 Å². The third-order valence-corrected chi connectivity index (χ3v) is 7.03. The largest absolute Gasteiger partial charge is 0.490 e. The number of piperidine rings is 1. The van der Waals surface area contributed by atoms with Gasteiger partial charge in [-0.1, -0.05) is 0 Å². The average molecular weight is 384 g/mol. The second-order valence-corrected chi connectivity index (χ2v) is 9.27. The Labute approximate surface area is 153 Å². The highest BCUT2D eigenvalue weighted by Gasteiger charge is 2.35. The molecule has 0 aliphatic carbocycles. The van der Waals surface area contributed by atoms with Crippen LogP contribution >= 0.6 is 0 Å². The van der Waals surface area contributed by atoms with Crippen LogP contribution in [-0.2, 0) is 14.8 Å². The van der Waals surface area contributed by atoms with Gasteiger partial charge in [0.1, 0.15) is 0 Å². The molecule has 3 heterocycles. The van der Waals surface area contributed by atoms with Gasteiger partial charge in [-0.05, 0) is 50.3 Å². The number of benzene rings is 1. The molecule has 0 radical (unpaired) electrons. The van der Waals surface area contributed by atoms with E-state index < -0.39 is 15.8 Å². The number of halogens is 1. The lowest BCUT2D eigenvalue weighted by atomic mass is 10.0. The maximum absolute atomic E-state index is 14.3. The van der Waals surface area contributed by atoms with Crippen molar-refractivity contribution < 1.29 is 22.3 Å². The molecule has 0 spiro atoms. The highest BCUT2D eigenvalue weighted by atomic mass is 32.2. The van der Waals surface area contributed by atoms with Crippen molar-refractivity contribution >= 4 is 10.0 Å². The van der Waals surface area contributed by atoms with Crippen molar-refractivity contribution in [3.8, 4) is 5.75 Å². The highest BCUT2D eigenvalue weighted by Crippen LogP contribution is 2.28. The van der Waals surface area contributed by atoms with E-state index in [1.54, 1.807) is 0 Å². The molecule has 6 nitrogen and oxygen atoms in total. The van der Waals surface area contributed by atoms with Crippen LogP contribution in [-0.4, -0.2) is 46.4 Å². The third-order valence-electron chi connectivity index (χ3n) is 5.51. The van der Waals surface area contributed by atoms with Crippen LogP contribution in [0.15, 0.2) is 23.1 Å². The number of ether oxygens (including phenoxy) is 2. The Balaban J connectivity index is 1.40. The van der Waals surface area contributed by atoms with E-state index in [1.807, 2.05) is 0 Å². The van der Waals surface area contributed by atoms with Gasteiger partial charge in [-0.15, -0.1) is 0 Å². The lowest BCUT2D eigenvalue weighted by Gasteiger charge is -2.29. The number of hydrogen-bond donors (Lipinski definition) is 2. The fraction of sp³-hybridized carbons (Fsp3) is 0.667. The molecule has 3 atom stereocenters. The van der Waals surface area contributed by atoms with Crippen LogP contribution in [0.3, 0.4) is 0 Å². The van der Waals surface area contributed by atoms with Crippen molar-refractivity contribution in [2.24, 2.45) is 5.92 Å². The van der Waals surface area contributed by atoms with Gasteiger partial charge in [0.15, 0.2) is 11.6 Å². The van der Waals surface area contributed by atoms with E-state index in [1.165, 1.54) is 12.1 Å². The second kappa shape index (κ2) is 7.42. The molecule has 3 fully saturated rings. The summed E-state index contributed by atoms with van der Waals surface area (Å²) in [5, 5.41) is 3.48. The van der Waals surface area contributed by atoms with Crippen molar-refractivity contribution in [2.75, 3.05) is 19.8 Å². The zero-order valence-electron chi connectivity index (χ0n) is 14.6.